The Labute approximate surface area is 162 Å². The van der Waals surface area contributed by atoms with Gasteiger partial charge in [-0.15, -0.1) is 0 Å². The maximum atomic E-state index is 13.0. The highest BCUT2D eigenvalue weighted by atomic mass is 16.2. The van der Waals surface area contributed by atoms with Crippen molar-refractivity contribution in [2.45, 2.75) is 25.8 Å². The third-order valence-corrected chi connectivity index (χ3v) is 4.69. The Morgan fingerprint density at radius 3 is 2.57 bits per heavy atom. The van der Waals surface area contributed by atoms with Crippen LogP contribution in [-0.4, -0.2) is 41.9 Å². The molecule has 0 aliphatic carbocycles. The maximum absolute atomic E-state index is 13.0. The number of hydrogen-bond acceptors (Lipinski definition) is 4. The molecule has 0 aromatic heterocycles. The lowest BCUT2D eigenvalue weighted by Crippen LogP contribution is -2.47. The van der Waals surface area contributed by atoms with Crippen molar-refractivity contribution >= 4 is 34.6 Å². The largest absolute Gasteiger partial charge is 0.338 e. The topological polar surface area (TPSA) is 108 Å². The molecule has 2 aromatic carbocycles. The zero-order valence-corrected chi connectivity index (χ0v) is 15.7. The first kappa shape index (κ1) is 19.3. The SMILES string of the molecule is CCCNC(=O)NC(=O)CN1C(=O)N[C@](C)(c2cccc3ccccc23)C1=O. The van der Waals surface area contributed by atoms with E-state index in [4.69, 9.17) is 0 Å². The molecule has 0 bridgehead atoms. The van der Waals surface area contributed by atoms with E-state index >= 15 is 0 Å². The zero-order valence-electron chi connectivity index (χ0n) is 15.7. The quantitative estimate of drug-likeness (QED) is 0.686. The smallest absolute Gasteiger partial charge is 0.325 e. The molecular weight excluding hydrogens is 360 g/mol. The summed E-state index contributed by atoms with van der Waals surface area (Å²) in [5.74, 6) is -1.28. The average molecular weight is 382 g/mol. The zero-order chi connectivity index (χ0) is 20.3. The van der Waals surface area contributed by atoms with Crippen LogP contribution in [-0.2, 0) is 15.1 Å². The van der Waals surface area contributed by atoms with Crippen molar-refractivity contribution < 1.29 is 19.2 Å². The summed E-state index contributed by atoms with van der Waals surface area (Å²) in [4.78, 5) is 50.0. The predicted molar refractivity (Wildman–Crippen MR) is 103 cm³/mol. The van der Waals surface area contributed by atoms with Crippen molar-refractivity contribution in [1.82, 2.24) is 20.9 Å². The summed E-state index contributed by atoms with van der Waals surface area (Å²) in [6, 6.07) is 11.7. The van der Waals surface area contributed by atoms with Gasteiger partial charge in [-0.1, -0.05) is 49.4 Å². The van der Waals surface area contributed by atoms with Crippen molar-refractivity contribution in [2.75, 3.05) is 13.1 Å². The maximum Gasteiger partial charge on any atom is 0.325 e. The van der Waals surface area contributed by atoms with Gasteiger partial charge >= 0.3 is 12.1 Å². The van der Waals surface area contributed by atoms with Gasteiger partial charge in [0, 0.05) is 6.54 Å². The van der Waals surface area contributed by atoms with Crippen LogP contribution in [0.15, 0.2) is 42.5 Å². The van der Waals surface area contributed by atoms with E-state index in [2.05, 4.69) is 16.0 Å². The Bertz CT molecular complexity index is 953. The molecular formula is C20H22N4O4. The first-order valence-electron chi connectivity index (χ1n) is 9.07. The fourth-order valence-electron chi connectivity index (χ4n) is 3.28. The van der Waals surface area contributed by atoms with E-state index in [0.717, 1.165) is 22.1 Å². The van der Waals surface area contributed by atoms with Gasteiger partial charge in [0.25, 0.3) is 5.91 Å². The summed E-state index contributed by atoms with van der Waals surface area (Å²) < 4.78 is 0. The van der Waals surface area contributed by atoms with Gasteiger partial charge in [-0.05, 0) is 29.7 Å². The third-order valence-electron chi connectivity index (χ3n) is 4.69. The van der Waals surface area contributed by atoms with Crippen molar-refractivity contribution in [3.05, 3.63) is 48.0 Å². The molecule has 1 fully saturated rings. The van der Waals surface area contributed by atoms with Crippen molar-refractivity contribution in [2.24, 2.45) is 0 Å². The van der Waals surface area contributed by atoms with Gasteiger partial charge in [0.05, 0.1) is 0 Å². The summed E-state index contributed by atoms with van der Waals surface area (Å²) in [5.41, 5.74) is -0.657. The molecule has 8 heteroatoms. The van der Waals surface area contributed by atoms with Crippen LogP contribution < -0.4 is 16.0 Å². The molecule has 1 saturated heterocycles. The number of urea groups is 2. The van der Waals surface area contributed by atoms with Crippen molar-refractivity contribution in [3.8, 4) is 0 Å². The van der Waals surface area contributed by atoms with Crippen LogP contribution in [0.25, 0.3) is 10.8 Å². The highest BCUT2D eigenvalue weighted by Crippen LogP contribution is 2.33. The van der Waals surface area contributed by atoms with Gasteiger partial charge in [0.15, 0.2) is 0 Å². The second kappa shape index (κ2) is 7.67. The van der Waals surface area contributed by atoms with E-state index < -0.39 is 36.0 Å². The molecule has 1 aliphatic rings. The number of rotatable bonds is 5. The van der Waals surface area contributed by atoms with E-state index in [1.165, 1.54) is 0 Å². The molecule has 1 heterocycles. The second-order valence-corrected chi connectivity index (χ2v) is 6.78. The first-order valence-corrected chi connectivity index (χ1v) is 9.07. The average Bonchev–Trinajstić information content (AvgIpc) is 2.89. The number of carbonyl (C=O) groups is 4. The summed E-state index contributed by atoms with van der Waals surface area (Å²) in [7, 11) is 0. The molecule has 8 nitrogen and oxygen atoms in total. The molecule has 2 aromatic rings. The number of hydrogen-bond donors (Lipinski definition) is 3. The highest BCUT2D eigenvalue weighted by molar-refractivity contribution is 6.11. The summed E-state index contributed by atoms with van der Waals surface area (Å²) >= 11 is 0. The number of nitrogens with zero attached hydrogens (tertiary/aromatic N) is 1. The number of amides is 6. The molecule has 1 atom stereocenters. The van der Waals surface area contributed by atoms with E-state index in [9.17, 15) is 19.2 Å². The molecule has 146 valence electrons. The van der Waals surface area contributed by atoms with Crippen LogP contribution in [0.1, 0.15) is 25.8 Å². The second-order valence-electron chi connectivity index (χ2n) is 6.78. The molecule has 0 radical (unpaired) electrons. The van der Waals surface area contributed by atoms with Crippen LogP contribution in [0.2, 0.25) is 0 Å². The van der Waals surface area contributed by atoms with E-state index in [1.807, 2.05) is 43.3 Å². The lowest BCUT2D eigenvalue weighted by molar-refractivity contribution is -0.134. The van der Waals surface area contributed by atoms with Crippen LogP contribution >= 0.6 is 0 Å². The Morgan fingerprint density at radius 2 is 1.82 bits per heavy atom. The first-order chi connectivity index (χ1) is 13.4. The lowest BCUT2D eigenvalue weighted by Gasteiger charge is -2.24. The monoisotopic (exact) mass is 382 g/mol. The summed E-state index contributed by atoms with van der Waals surface area (Å²) in [6.45, 7) is 3.37. The minimum atomic E-state index is -1.30. The molecule has 1 aliphatic heterocycles. The van der Waals surface area contributed by atoms with Crippen molar-refractivity contribution in [1.29, 1.82) is 0 Å². The number of carbonyl (C=O) groups excluding carboxylic acids is 4. The molecule has 28 heavy (non-hydrogen) atoms. The molecule has 0 unspecified atom stereocenters. The normalized spacial score (nSPS) is 18.9. The molecule has 0 spiro atoms. The van der Waals surface area contributed by atoms with Gasteiger partial charge < -0.3 is 10.6 Å². The van der Waals surface area contributed by atoms with E-state index in [1.54, 1.807) is 13.0 Å². The predicted octanol–water partition coefficient (Wildman–Crippen LogP) is 1.84. The van der Waals surface area contributed by atoms with Crippen LogP contribution in [0.5, 0.6) is 0 Å². The van der Waals surface area contributed by atoms with E-state index in [0.29, 0.717) is 12.1 Å². The Kier molecular flexibility index (Phi) is 5.30. The van der Waals surface area contributed by atoms with Gasteiger partial charge in [0.2, 0.25) is 5.91 Å². The third kappa shape index (κ3) is 3.53. The summed E-state index contributed by atoms with van der Waals surface area (Å²) in [6.07, 6.45) is 0.720. The number of imide groups is 2. The van der Waals surface area contributed by atoms with Crippen LogP contribution in [0.4, 0.5) is 9.59 Å². The molecule has 0 saturated carbocycles. The van der Waals surface area contributed by atoms with E-state index in [-0.39, 0.29) is 0 Å². The lowest BCUT2D eigenvalue weighted by atomic mass is 9.88. The number of fused-ring (bicyclic) bond motifs is 1. The molecule has 6 amide bonds. The highest BCUT2D eigenvalue weighted by Gasteiger charge is 2.50. The van der Waals surface area contributed by atoms with Crippen LogP contribution in [0, 0.1) is 0 Å². The summed E-state index contributed by atoms with van der Waals surface area (Å²) in [5, 5.41) is 9.08. The number of benzene rings is 2. The fourth-order valence-corrected chi connectivity index (χ4v) is 3.28. The molecule has 3 N–H and O–H groups in total. The van der Waals surface area contributed by atoms with Crippen molar-refractivity contribution in [3.63, 3.8) is 0 Å². The van der Waals surface area contributed by atoms with Gasteiger partial charge in [-0.3, -0.25) is 19.8 Å². The molecule has 3 rings (SSSR count). The standard InChI is InChI=1S/C20H22N4O4/c1-3-11-21-18(27)22-16(25)12-24-17(26)20(2,23-19(24)28)15-10-6-8-13-7-4-5-9-14(13)15/h4-10H,3,11-12H2,1-2H3,(H,23,28)(H2,21,22,25,27)/t20-/m1/s1. The Balaban J connectivity index is 1.81. The number of nitrogens with one attached hydrogen (secondary N) is 3. The van der Waals surface area contributed by atoms with Gasteiger partial charge in [0.1, 0.15) is 12.1 Å². The van der Waals surface area contributed by atoms with Crippen LogP contribution in [0.3, 0.4) is 0 Å². The minimum Gasteiger partial charge on any atom is -0.338 e. The van der Waals surface area contributed by atoms with Gasteiger partial charge in [-0.25, -0.2) is 9.59 Å². The van der Waals surface area contributed by atoms with Gasteiger partial charge in [-0.2, -0.15) is 0 Å². The fraction of sp³-hybridized carbons (Fsp3) is 0.300. The Morgan fingerprint density at radius 1 is 1.11 bits per heavy atom. The Hall–Kier alpha value is -3.42. The minimum absolute atomic E-state index is 0.418.